The normalized spacial score (nSPS) is 15.5. The number of benzene rings is 1. The Morgan fingerprint density at radius 2 is 2.29 bits per heavy atom. The third-order valence-corrected chi connectivity index (χ3v) is 3.68. The molecule has 1 atom stereocenters. The van der Waals surface area contributed by atoms with Crippen LogP contribution < -0.4 is 10.1 Å². The maximum atomic E-state index is 6.10. The van der Waals surface area contributed by atoms with E-state index in [-0.39, 0.29) is 0 Å². The van der Waals surface area contributed by atoms with Gasteiger partial charge in [0, 0.05) is 35.5 Å². The van der Waals surface area contributed by atoms with Gasteiger partial charge in [-0.25, -0.2) is 0 Å². The number of nitrogens with one attached hydrogen (secondary N) is 1. The lowest BCUT2D eigenvalue weighted by Crippen LogP contribution is -2.29. The zero-order valence-electron chi connectivity index (χ0n) is 9.93. The first kappa shape index (κ1) is 13.0. The van der Waals surface area contributed by atoms with E-state index in [1.165, 1.54) is 5.56 Å². The van der Waals surface area contributed by atoms with Gasteiger partial charge in [-0.3, -0.25) is 0 Å². The van der Waals surface area contributed by atoms with Crippen molar-refractivity contribution in [2.24, 2.45) is 0 Å². The fourth-order valence-electron chi connectivity index (χ4n) is 2.04. The highest BCUT2D eigenvalue weighted by Crippen LogP contribution is 2.32. The summed E-state index contributed by atoms with van der Waals surface area (Å²) < 4.78 is 5.65. The van der Waals surface area contributed by atoms with Gasteiger partial charge < -0.3 is 10.1 Å². The van der Waals surface area contributed by atoms with Gasteiger partial charge in [0.2, 0.25) is 0 Å². The molecule has 0 saturated heterocycles. The molecule has 1 heterocycles. The molecule has 0 radical (unpaired) electrons. The fourth-order valence-corrected chi connectivity index (χ4v) is 2.63. The Morgan fingerprint density at radius 1 is 1.47 bits per heavy atom. The Labute approximate surface area is 112 Å². The molecule has 1 aliphatic heterocycles. The Morgan fingerprint density at radius 3 is 3.00 bits per heavy atom. The van der Waals surface area contributed by atoms with Crippen LogP contribution in [0.3, 0.4) is 0 Å². The number of hydrogen-bond acceptors (Lipinski definition) is 2. The fraction of sp³-hybridized carbons (Fsp3) is 0.538. The van der Waals surface area contributed by atoms with Crippen LogP contribution in [-0.2, 0) is 13.0 Å². The van der Waals surface area contributed by atoms with E-state index in [9.17, 15) is 0 Å². The minimum atomic E-state index is 0.340. The molecule has 0 spiro atoms. The zero-order chi connectivity index (χ0) is 12.3. The molecule has 94 valence electrons. The highest BCUT2D eigenvalue weighted by atomic mass is 35.5. The Kier molecular flexibility index (Phi) is 4.55. The van der Waals surface area contributed by atoms with Crippen molar-refractivity contribution >= 4 is 23.2 Å². The maximum Gasteiger partial charge on any atom is 0.127 e. The highest BCUT2D eigenvalue weighted by Gasteiger charge is 2.17. The molecule has 0 bridgehead atoms. The van der Waals surface area contributed by atoms with E-state index in [0.29, 0.717) is 11.9 Å². The molecule has 17 heavy (non-hydrogen) atoms. The van der Waals surface area contributed by atoms with Crippen molar-refractivity contribution in [2.75, 3.05) is 12.5 Å². The molecule has 1 N–H and O–H groups in total. The summed E-state index contributed by atoms with van der Waals surface area (Å²) in [6.07, 6.45) is 1.97. The van der Waals surface area contributed by atoms with Crippen LogP contribution in [0.1, 0.15) is 24.5 Å². The van der Waals surface area contributed by atoms with Crippen molar-refractivity contribution in [1.29, 1.82) is 0 Å². The van der Waals surface area contributed by atoms with Crippen LogP contribution in [0.2, 0.25) is 5.02 Å². The smallest absolute Gasteiger partial charge is 0.127 e. The Balaban J connectivity index is 2.10. The van der Waals surface area contributed by atoms with Gasteiger partial charge in [-0.1, -0.05) is 18.5 Å². The standard InChI is InChI=1S/C13H17Cl2NO/c1-2-12(7-14)16-8-10-6-11(15)5-9-3-4-17-13(9)10/h5-6,12,16H,2-4,7-8H2,1H3. The molecule has 0 aromatic heterocycles. The molecule has 0 amide bonds. The van der Waals surface area contributed by atoms with Gasteiger partial charge in [0.25, 0.3) is 0 Å². The highest BCUT2D eigenvalue weighted by molar-refractivity contribution is 6.30. The van der Waals surface area contributed by atoms with Gasteiger partial charge in [-0.05, 0) is 24.1 Å². The summed E-state index contributed by atoms with van der Waals surface area (Å²) in [6.45, 7) is 3.64. The predicted molar refractivity (Wildman–Crippen MR) is 72.3 cm³/mol. The summed E-state index contributed by atoms with van der Waals surface area (Å²) in [5, 5.41) is 4.20. The van der Waals surface area contributed by atoms with Crippen molar-refractivity contribution in [2.45, 2.75) is 32.4 Å². The third kappa shape index (κ3) is 3.06. The van der Waals surface area contributed by atoms with Gasteiger partial charge in [0.05, 0.1) is 6.61 Å². The number of hydrogen-bond donors (Lipinski definition) is 1. The molecule has 1 aromatic carbocycles. The minimum absolute atomic E-state index is 0.340. The van der Waals surface area contributed by atoms with Crippen LogP contribution in [0, 0.1) is 0 Å². The molecule has 0 fully saturated rings. The average Bonchev–Trinajstić information content (AvgIpc) is 2.78. The molecule has 1 aromatic rings. The summed E-state index contributed by atoms with van der Waals surface area (Å²) in [6, 6.07) is 4.30. The van der Waals surface area contributed by atoms with Crippen molar-refractivity contribution in [3.63, 3.8) is 0 Å². The number of rotatable bonds is 5. The van der Waals surface area contributed by atoms with Gasteiger partial charge in [0.1, 0.15) is 5.75 Å². The van der Waals surface area contributed by atoms with Gasteiger partial charge in [-0.2, -0.15) is 0 Å². The molecular weight excluding hydrogens is 257 g/mol. The lowest BCUT2D eigenvalue weighted by molar-refractivity contribution is 0.351. The molecule has 1 aliphatic rings. The monoisotopic (exact) mass is 273 g/mol. The van der Waals surface area contributed by atoms with Crippen molar-refractivity contribution in [1.82, 2.24) is 5.32 Å². The Bertz CT molecular complexity index is 391. The number of alkyl halides is 1. The molecule has 0 aliphatic carbocycles. The van der Waals surface area contributed by atoms with Crippen LogP contribution >= 0.6 is 23.2 Å². The first-order valence-corrected chi connectivity index (χ1v) is 6.89. The van der Waals surface area contributed by atoms with Crippen molar-refractivity contribution < 1.29 is 4.74 Å². The number of fused-ring (bicyclic) bond motifs is 1. The minimum Gasteiger partial charge on any atom is -0.493 e. The first-order chi connectivity index (χ1) is 8.24. The molecule has 4 heteroatoms. The molecule has 0 saturated carbocycles. The maximum absolute atomic E-state index is 6.10. The lowest BCUT2D eigenvalue weighted by Gasteiger charge is -2.15. The number of ether oxygens (including phenoxy) is 1. The van der Waals surface area contributed by atoms with Crippen LogP contribution in [0.25, 0.3) is 0 Å². The first-order valence-electron chi connectivity index (χ1n) is 5.98. The summed E-state index contributed by atoms with van der Waals surface area (Å²) in [5.41, 5.74) is 2.35. The summed E-state index contributed by atoms with van der Waals surface area (Å²) in [5.74, 6) is 1.63. The number of halogens is 2. The second kappa shape index (κ2) is 5.94. The summed E-state index contributed by atoms with van der Waals surface area (Å²) >= 11 is 12.0. The van der Waals surface area contributed by atoms with Gasteiger partial charge in [-0.15, -0.1) is 11.6 Å². The predicted octanol–water partition coefficient (Wildman–Crippen LogP) is 3.38. The van der Waals surface area contributed by atoms with E-state index in [4.69, 9.17) is 27.9 Å². The SMILES string of the molecule is CCC(CCl)NCc1cc(Cl)cc2c1OCC2. The van der Waals surface area contributed by atoms with E-state index in [2.05, 4.69) is 12.2 Å². The second-order valence-electron chi connectivity index (χ2n) is 4.29. The Hall–Kier alpha value is -0.440. The van der Waals surface area contributed by atoms with Crippen molar-refractivity contribution in [3.05, 3.63) is 28.3 Å². The van der Waals surface area contributed by atoms with Crippen LogP contribution in [-0.4, -0.2) is 18.5 Å². The van der Waals surface area contributed by atoms with Gasteiger partial charge >= 0.3 is 0 Å². The molecular formula is C13H17Cl2NO. The summed E-state index contributed by atoms with van der Waals surface area (Å²) in [7, 11) is 0. The van der Waals surface area contributed by atoms with E-state index in [0.717, 1.165) is 42.3 Å². The van der Waals surface area contributed by atoms with Crippen LogP contribution in [0.5, 0.6) is 5.75 Å². The summed E-state index contributed by atoms with van der Waals surface area (Å²) in [4.78, 5) is 0. The zero-order valence-corrected chi connectivity index (χ0v) is 11.4. The largest absolute Gasteiger partial charge is 0.493 e. The van der Waals surface area contributed by atoms with E-state index in [1.54, 1.807) is 0 Å². The van der Waals surface area contributed by atoms with E-state index in [1.807, 2.05) is 12.1 Å². The van der Waals surface area contributed by atoms with Crippen molar-refractivity contribution in [3.8, 4) is 5.75 Å². The third-order valence-electron chi connectivity index (χ3n) is 3.09. The van der Waals surface area contributed by atoms with Crippen LogP contribution in [0.4, 0.5) is 0 Å². The molecule has 2 rings (SSSR count). The molecule has 2 nitrogen and oxygen atoms in total. The average molecular weight is 274 g/mol. The second-order valence-corrected chi connectivity index (χ2v) is 5.04. The van der Waals surface area contributed by atoms with Crippen LogP contribution in [0.15, 0.2) is 12.1 Å². The van der Waals surface area contributed by atoms with E-state index < -0.39 is 0 Å². The lowest BCUT2D eigenvalue weighted by atomic mass is 10.1. The van der Waals surface area contributed by atoms with Gasteiger partial charge in [0.15, 0.2) is 0 Å². The molecule has 1 unspecified atom stereocenters. The topological polar surface area (TPSA) is 21.3 Å². The van der Waals surface area contributed by atoms with E-state index >= 15 is 0 Å². The quantitative estimate of drug-likeness (QED) is 0.831.